The van der Waals surface area contributed by atoms with Gasteiger partial charge in [0.1, 0.15) is 0 Å². The predicted octanol–water partition coefficient (Wildman–Crippen LogP) is 2.41. The van der Waals surface area contributed by atoms with E-state index in [1.165, 1.54) is 14.2 Å². The average molecular weight is 275 g/mol. The van der Waals surface area contributed by atoms with Gasteiger partial charge >= 0.3 is 0 Å². The minimum atomic E-state index is -0.489. The summed E-state index contributed by atoms with van der Waals surface area (Å²) in [6.07, 6.45) is -0.489. The molecule has 0 atom stereocenters. The van der Waals surface area contributed by atoms with E-state index in [9.17, 15) is 0 Å². The highest BCUT2D eigenvalue weighted by Crippen LogP contribution is 2.47. The Morgan fingerprint density at radius 2 is 1.56 bits per heavy atom. The van der Waals surface area contributed by atoms with Gasteiger partial charge in [-0.1, -0.05) is 11.6 Å². The van der Waals surface area contributed by atoms with Crippen LogP contribution in [0.2, 0.25) is 5.02 Å². The molecule has 6 heteroatoms. The Kier molecular flexibility index (Phi) is 4.16. The summed E-state index contributed by atoms with van der Waals surface area (Å²) in [4.78, 5) is 0. The molecule has 0 unspecified atom stereocenters. The fraction of sp³-hybridized carbons (Fsp3) is 0.500. The fourth-order valence-electron chi connectivity index (χ4n) is 1.91. The van der Waals surface area contributed by atoms with Crippen molar-refractivity contribution in [2.24, 2.45) is 0 Å². The summed E-state index contributed by atoms with van der Waals surface area (Å²) in [5.74, 6) is 1.37. The Balaban J connectivity index is 2.55. The van der Waals surface area contributed by atoms with Gasteiger partial charge < -0.3 is 23.7 Å². The monoisotopic (exact) mass is 274 g/mol. The van der Waals surface area contributed by atoms with Gasteiger partial charge in [-0.05, 0) is 6.07 Å². The van der Waals surface area contributed by atoms with Crippen LogP contribution in [0.1, 0.15) is 11.9 Å². The van der Waals surface area contributed by atoms with E-state index in [1.54, 1.807) is 13.2 Å². The first kappa shape index (κ1) is 13.3. The molecule has 18 heavy (non-hydrogen) atoms. The van der Waals surface area contributed by atoms with Crippen LogP contribution in [-0.2, 0) is 9.47 Å². The van der Waals surface area contributed by atoms with Crippen molar-refractivity contribution >= 4 is 11.6 Å². The van der Waals surface area contributed by atoms with Crippen molar-refractivity contribution in [2.75, 3.05) is 34.5 Å². The summed E-state index contributed by atoms with van der Waals surface area (Å²) < 4.78 is 26.8. The van der Waals surface area contributed by atoms with Gasteiger partial charge in [-0.25, -0.2) is 0 Å². The van der Waals surface area contributed by atoms with Crippen molar-refractivity contribution < 1.29 is 23.7 Å². The summed E-state index contributed by atoms with van der Waals surface area (Å²) >= 11 is 6.15. The number of halogens is 1. The largest absolute Gasteiger partial charge is 0.492 e. The van der Waals surface area contributed by atoms with E-state index in [4.69, 9.17) is 35.3 Å². The molecule has 1 fully saturated rings. The second-order valence-corrected chi connectivity index (χ2v) is 4.03. The maximum atomic E-state index is 6.15. The van der Waals surface area contributed by atoms with Crippen molar-refractivity contribution in [3.8, 4) is 17.2 Å². The van der Waals surface area contributed by atoms with Crippen molar-refractivity contribution in [1.82, 2.24) is 0 Å². The zero-order valence-electron chi connectivity index (χ0n) is 10.5. The SMILES string of the molecule is COc1c(Cl)cc(C2OCCO2)c(OC)c1OC. The first-order valence-electron chi connectivity index (χ1n) is 5.44. The average Bonchev–Trinajstić information content (AvgIpc) is 2.90. The van der Waals surface area contributed by atoms with E-state index in [1.807, 2.05) is 0 Å². The second kappa shape index (κ2) is 5.65. The fourth-order valence-corrected chi connectivity index (χ4v) is 2.19. The molecule has 1 aromatic rings. The molecule has 0 N–H and O–H groups in total. The quantitative estimate of drug-likeness (QED) is 0.844. The smallest absolute Gasteiger partial charge is 0.205 e. The van der Waals surface area contributed by atoms with Crippen LogP contribution in [0.4, 0.5) is 0 Å². The number of benzene rings is 1. The molecule has 1 heterocycles. The minimum Gasteiger partial charge on any atom is -0.492 e. The summed E-state index contributed by atoms with van der Waals surface area (Å²) in [5.41, 5.74) is 0.692. The van der Waals surface area contributed by atoms with Gasteiger partial charge in [0.05, 0.1) is 45.1 Å². The minimum absolute atomic E-state index is 0.421. The van der Waals surface area contributed by atoms with Crippen LogP contribution in [0.25, 0.3) is 0 Å². The van der Waals surface area contributed by atoms with Crippen LogP contribution in [0.5, 0.6) is 17.2 Å². The molecule has 0 saturated carbocycles. The molecule has 0 aromatic heterocycles. The van der Waals surface area contributed by atoms with Crippen LogP contribution in [-0.4, -0.2) is 34.5 Å². The van der Waals surface area contributed by atoms with Crippen LogP contribution < -0.4 is 14.2 Å². The zero-order valence-corrected chi connectivity index (χ0v) is 11.2. The molecule has 0 amide bonds. The lowest BCUT2D eigenvalue weighted by Gasteiger charge is -2.19. The van der Waals surface area contributed by atoms with Crippen LogP contribution >= 0.6 is 11.6 Å². The van der Waals surface area contributed by atoms with E-state index >= 15 is 0 Å². The van der Waals surface area contributed by atoms with E-state index in [-0.39, 0.29) is 0 Å². The second-order valence-electron chi connectivity index (χ2n) is 3.62. The lowest BCUT2D eigenvalue weighted by Crippen LogP contribution is -2.05. The molecular weight excluding hydrogens is 260 g/mol. The van der Waals surface area contributed by atoms with E-state index in [0.717, 1.165) is 0 Å². The Bertz CT molecular complexity index is 429. The Morgan fingerprint density at radius 1 is 1.00 bits per heavy atom. The highest BCUT2D eigenvalue weighted by molar-refractivity contribution is 6.32. The van der Waals surface area contributed by atoms with E-state index in [2.05, 4.69) is 0 Å². The highest BCUT2D eigenvalue weighted by atomic mass is 35.5. The van der Waals surface area contributed by atoms with Crippen LogP contribution in [0, 0.1) is 0 Å². The maximum Gasteiger partial charge on any atom is 0.205 e. The normalized spacial score (nSPS) is 15.8. The number of hydrogen-bond donors (Lipinski definition) is 0. The number of hydrogen-bond acceptors (Lipinski definition) is 5. The number of ether oxygens (including phenoxy) is 5. The van der Waals surface area contributed by atoms with Gasteiger partial charge in [-0.3, -0.25) is 0 Å². The third-order valence-electron chi connectivity index (χ3n) is 2.66. The number of methoxy groups -OCH3 is 3. The van der Waals surface area contributed by atoms with Crippen molar-refractivity contribution in [3.05, 3.63) is 16.7 Å². The summed E-state index contributed by atoms with van der Waals surface area (Å²) in [7, 11) is 4.59. The maximum absolute atomic E-state index is 6.15. The lowest BCUT2D eigenvalue weighted by atomic mass is 10.1. The summed E-state index contributed by atoms with van der Waals surface area (Å²) in [6, 6.07) is 1.71. The third-order valence-corrected chi connectivity index (χ3v) is 2.94. The Labute approximate surface area is 110 Å². The predicted molar refractivity (Wildman–Crippen MR) is 65.8 cm³/mol. The van der Waals surface area contributed by atoms with Crippen molar-refractivity contribution in [2.45, 2.75) is 6.29 Å². The molecule has 1 aromatic carbocycles. The van der Waals surface area contributed by atoms with Gasteiger partial charge in [-0.15, -0.1) is 0 Å². The van der Waals surface area contributed by atoms with Crippen molar-refractivity contribution in [1.29, 1.82) is 0 Å². The van der Waals surface area contributed by atoms with Gasteiger partial charge in [0.25, 0.3) is 0 Å². The third kappa shape index (κ3) is 2.21. The molecule has 0 aliphatic carbocycles. The standard InChI is InChI=1S/C12H15ClO5/c1-14-9-7(12-17-4-5-18-12)6-8(13)10(15-2)11(9)16-3/h6,12H,4-5H2,1-3H3. The first-order chi connectivity index (χ1) is 8.72. The van der Waals surface area contributed by atoms with Crippen molar-refractivity contribution in [3.63, 3.8) is 0 Å². The molecule has 1 aliphatic rings. The molecule has 100 valence electrons. The molecule has 0 radical (unpaired) electrons. The highest BCUT2D eigenvalue weighted by Gasteiger charge is 2.28. The molecule has 5 nitrogen and oxygen atoms in total. The van der Waals surface area contributed by atoms with E-state index in [0.29, 0.717) is 41.0 Å². The lowest BCUT2D eigenvalue weighted by molar-refractivity contribution is -0.0456. The molecule has 0 spiro atoms. The summed E-state index contributed by atoms with van der Waals surface area (Å²) in [5, 5.41) is 0.421. The first-order valence-corrected chi connectivity index (χ1v) is 5.82. The van der Waals surface area contributed by atoms with Crippen LogP contribution in [0.3, 0.4) is 0 Å². The summed E-state index contributed by atoms with van der Waals surface area (Å²) in [6.45, 7) is 1.08. The molecule has 1 saturated heterocycles. The van der Waals surface area contributed by atoms with Gasteiger partial charge in [0.15, 0.2) is 17.8 Å². The van der Waals surface area contributed by atoms with Crippen LogP contribution in [0.15, 0.2) is 6.07 Å². The van der Waals surface area contributed by atoms with Gasteiger partial charge in [0.2, 0.25) is 5.75 Å². The molecule has 1 aliphatic heterocycles. The molecule has 0 bridgehead atoms. The van der Waals surface area contributed by atoms with Gasteiger partial charge in [-0.2, -0.15) is 0 Å². The molecule has 2 rings (SSSR count). The zero-order chi connectivity index (χ0) is 13.1. The number of rotatable bonds is 4. The van der Waals surface area contributed by atoms with E-state index < -0.39 is 6.29 Å². The Hall–Kier alpha value is -1.17. The topological polar surface area (TPSA) is 46.2 Å². The molecular formula is C12H15ClO5. The Morgan fingerprint density at radius 3 is 2.06 bits per heavy atom. The van der Waals surface area contributed by atoms with Gasteiger partial charge in [0, 0.05) is 0 Å².